The lowest BCUT2D eigenvalue weighted by atomic mass is 10.2. The monoisotopic (exact) mass is 310 g/mol. The zero-order chi connectivity index (χ0) is 13.1. The van der Waals surface area contributed by atoms with Crippen LogP contribution in [-0.2, 0) is 13.7 Å². The number of hydrogen-bond donors (Lipinski definition) is 1. The Morgan fingerprint density at radius 1 is 1.56 bits per heavy atom. The van der Waals surface area contributed by atoms with Gasteiger partial charge in [0, 0.05) is 23.9 Å². The second-order valence-corrected chi connectivity index (χ2v) is 4.54. The maximum Gasteiger partial charge on any atom is 0.336 e. The fourth-order valence-electron chi connectivity index (χ4n) is 1.44. The lowest BCUT2D eigenvalue weighted by Crippen LogP contribution is -2.04. The molecule has 2 aromatic rings. The third-order valence-electron chi connectivity index (χ3n) is 2.46. The van der Waals surface area contributed by atoms with Crippen molar-refractivity contribution < 1.29 is 14.6 Å². The van der Waals surface area contributed by atoms with Crippen molar-refractivity contribution in [1.82, 2.24) is 9.55 Å². The minimum atomic E-state index is -0.996. The van der Waals surface area contributed by atoms with Crippen LogP contribution < -0.4 is 4.74 Å². The number of aryl methyl sites for hydroxylation is 1. The first-order chi connectivity index (χ1) is 8.58. The summed E-state index contributed by atoms with van der Waals surface area (Å²) in [5.41, 5.74) is 0.173. The molecule has 0 aliphatic carbocycles. The summed E-state index contributed by atoms with van der Waals surface area (Å²) >= 11 is 3.18. The quantitative estimate of drug-likeness (QED) is 0.942. The summed E-state index contributed by atoms with van der Waals surface area (Å²) < 4.78 is 7.88. The third-order valence-corrected chi connectivity index (χ3v) is 3.15. The molecule has 0 saturated heterocycles. The van der Waals surface area contributed by atoms with Crippen LogP contribution in [0.5, 0.6) is 5.75 Å². The Kier molecular flexibility index (Phi) is 3.66. The van der Waals surface area contributed by atoms with E-state index in [1.54, 1.807) is 18.3 Å². The fraction of sp³-hybridized carbons (Fsp3) is 0.167. The van der Waals surface area contributed by atoms with Crippen molar-refractivity contribution in [2.24, 2.45) is 7.05 Å². The Labute approximate surface area is 112 Å². The first-order valence-electron chi connectivity index (χ1n) is 5.20. The van der Waals surface area contributed by atoms with Gasteiger partial charge >= 0.3 is 5.97 Å². The zero-order valence-electron chi connectivity index (χ0n) is 9.63. The Hall–Kier alpha value is -1.82. The third kappa shape index (κ3) is 2.70. The van der Waals surface area contributed by atoms with Gasteiger partial charge in [-0.3, -0.25) is 0 Å². The van der Waals surface area contributed by atoms with E-state index in [1.165, 1.54) is 6.07 Å². The zero-order valence-corrected chi connectivity index (χ0v) is 11.2. The molecule has 1 aromatic heterocycles. The lowest BCUT2D eigenvalue weighted by Gasteiger charge is -2.07. The summed E-state index contributed by atoms with van der Waals surface area (Å²) in [4.78, 5) is 15.1. The van der Waals surface area contributed by atoms with Crippen LogP contribution in [0.1, 0.15) is 16.2 Å². The number of carbonyl (C=O) groups is 1. The van der Waals surface area contributed by atoms with Crippen LogP contribution in [0.2, 0.25) is 0 Å². The number of carboxylic acids is 1. The number of benzene rings is 1. The molecule has 5 nitrogen and oxygen atoms in total. The van der Waals surface area contributed by atoms with Crippen molar-refractivity contribution in [2.75, 3.05) is 0 Å². The largest absolute Gasteiger partial charge is 0.486 e. The van der Waals surface area contributed by atoms with Gasteiger partial charge in [0.05, 0.1) is 5.56 Å². The lowest BCUT2D eigenvalue weighted by molar-refractivity contribution is 0.0695. The highest BCUT2D eigenvalue weighted by molar-refractivity contribution is 9.10. The van der Waals surface area contributed by atoms with Crippen LogP contribution in [0, 0.1) is 0 Å². The van der Waals surface area contributed by atoms with Crippen molar-refractivity contribution in [1.29, 1.82) is 0 Å². The number of aromatic carboxylic acids is 1. The first-order valence-corrected chi connectivity index (χ1v) is 5.99. The Balaban J connectivity index is 2.13. The van der Waals surface area contributed by atoms with E-state index in [-0.39, 0.29) is 5.56 Å². The van der Waals surface area contributed by atoms with Gasteiger partial charge in [0.1, 0.15) is 18.2 Å². The average molecular weight is 311 g/mol. The highest BCUT2D eigenvalue weighted by Gasteiger charge is 2.10. The van der Waals surface area contributed by atoms with Crippen molar-refractivity contribution >= 4 is 21.9 Å². The molecule has 0 aliphatic rings. The van der Waals surface area contributed by atoms with E-state index in [9.17, 15) is 4.79 Å². The maximum absolute atomic E-state index is 11.0. The summed E-state index contributed by atoms with van der Waals surface area (Å²) in [6, 6.07) is 4.84. The van der Waals surface area contributed by atoms with Gasteiger partial charge in [0.25, 0.3) is 0 Å². The summed E-state index contributed by atoms with van der Waals surface area (Å²) in [5, 5.41) is 8.98. The summed E-state index contributed by atoms with van der Waals surface area (Å²) in [6.07, 6.45) is 3.51. The van der Waals surface area contributed by atoms with E-state index in [1.807, 2.05) is 17.8 Å². The molecule has 1 N–H and O–H groups in total. The van der Waals surface area contributed by atoms with E-state index < -0.39 is 5.97 Å². The van der Waals surface area contributed by atoms with E-state index in [4.69, 9.17) is 9.84 Å². The Morgan fingerprint density at radius 2 is 2.33 bits per heavy atom. The van der Waals surface area contributed by atoms with Crippen LogP contribution in [0.4, 0.5) is 0 Å². The molecule has 1 aromatic carbocycles. The van der Waals surface area contributed by atoms with Crippen LogP contribution in [0.3, 0.4) is 0 Å². The topological polar surface area (TPSA) is 64.4 Å². The van der Waals surface area contributed by atoms with Crippen LogP contribution in [0.25, 0.3) is 0 Å². The molecular formula is C12H11BrN2O3. The van der Waals surface area contributed by atoms with Gasteiger partial charge < -0.3 is 14.4 Å². The number of imidazole rings is 1. The number of rotatable bonds is 4. The summed E-state index contributed by atoms with van der Waals surface area (Å²) in [6.45, 7) is 0.296. The first kappa shape index (κ1) is 12.6. The number of carboxylic acid groups (broad SMARTS) is 1. The van der Waals surface area contributed by atoms with E-state index in [0.717, 1.165) is 5.82 Å². The second kappa shape index (κ2) is 5.22. The number of halogens is 1. The molecule has 6 heteroatoms. The molecule has 2 rings (SSSR count). The average Bonchev–Trinajstić information content (AvgIpc) is 2.73. The van der Waals surface area contributed by atoms with Gasteiger partial charge in [0.15, 0.2) is 0 Å². The van der Waals surface area contributed by atoms with Gasteiger partial charge in [-0.25, -0.2) is 9.78 Å². The molecule has 0 fully saturated rings. The van der Waals surface area contributed by atoms with Crippen LogP contribution in [0.15, 0.2) is 35.1 Å². The SMILES string of the molecule is Cn1ccnc1COc1ccc(Br)c(C(=O)O)c1. The number of hydrogen-bond acceptors (Lipinski definition) is 3. The number of aromatic nitrogens is 2. The van der Waals surface area contributed by atoms with Crippen LogP contribution in [-0.4, -0.2) is 20.6 Å². The van der Waals surface area contributed by atoms with Crippen LogP contribution >= 0.6 is 15.9 Å². The minimum Gasteiger partial charge on any atom is -0.486 e. The van der Waals surface area contributed by atoms with E-state index >= 15 is 0 Å². The van der Waals surface area contributed by atoms with Gasteiger partial charge in [-0.05, 0) is 34.1 Å². The maximum atomic E-state index is 11.0. The summed E-state index contributed by atoms with van der Waals surface area (Å²) in [5.74, 6) is 0.276. The molecular weight excluding hydrogens is 300 g/mol. The van der Waals surface area contributed by atoms with Gasteiger partial charge in [-0.15, -0.1) is 0 Å². The van der Waals surface area contributed by atoms with Crippen molar-refractivity contribution in [3.63, 3.8) is 0 Å². The molecule has 0 radical (unpaired) electrons. The molecule has 18 heavy (non-hydrogen) atoms. The molecule has 0 bridgehead atoms. The normalized spacial score (nSPS) is 10.3. The summed E-state index contributed by atoms with van der Waals surface area (Å²) in [7, 11) is 1.87. The smallest absolute Gasteiger partial charge is 0.336 e. The number of nitrogens with zero attached hydrogens (tertiary/aromatic N) is 2. The Bertz CT molecular complexity index is 580. The van der Waals surface area contributed by atoms with E-state index in [0.29, 0.717) is 16.8 Å². The van der Waals surface area contributed by atoms with Crippen molar-refractivity contribution in [3.8, 4) is 5.75 Å². The molecule has 0 amide bonds. The van der Waals surface area contributed by atoms with Gasteiger partial charge in [-0.1, -0.05) is 0 Å². The standard InChI is InChI=1S/C12H11BrN2O3/c1-15-5-4-14-11(15)7-18-8-2-3-10(13)9(6-8)12(16)17/h2-6H,7H2,1H3,(H,16,17). The molecule has 94 valence electrons. The molecule has 0 spiro atoms. The highest BCUT2D eigenvalue weighted by Crippen LogP contribution is 2.23. The molecule has 0 saturated carbocycles. The highest BCUT2D eigenvalue weighted by atomic mass is 79.9. The molecule has 0 unspecified atom stereocenters. The van der Waals surface area contributed by atoms with Gasteiger partial charge in [0.2, 0.25) is 0 Å². The molecule has 0 atom stereocenters. The number of ether oxygens (including phenoxy) is 1. The predicted octanol–water partition coefficient (Wildman–Crippen LogP) is 2.46. The van der Waals surface area contributed by atoms with Crippen molar-refractivity contribution in [3.05, 3.63) is 46.5 Å². The molecule has 1 heterocycles. The fourth-order valence-corrected chi connectivity index (χ4v) is 1.86. The predicted molar refractivity (Wildman–Crippen MR) is 68.6 cm³/mol. The second-order valence-electron chi connectivity index (χ2n) is 3.69. The van der Waals surface area contributed by atoms with E-state index in [2.05, 4.69) is 20.9 Å². The van der Waals surface area contributed by atoms with Gasteiger partial charge in [-0.2, -0.15) is 0 Å². The minimum absolute atomic E-state index is 0.173. The molecule has 0 aliphatic heterocycles. The van der Waals surface area contributed by atoms with Crippen molar-refractivity contribution in [2.45, 2.75) is 6.61 Å². The Morgan fingerprint density at radius 3 is 2.94 bits per heavy atom.